The second kappa shape index (κ2) is 7.52. The second-order valence-electron chi connectivity index (χ2n) is 8.08. The van der Waals surface area contributed by atoms with Crippen LogP contribution < -0.4 is 5.32 Å². The number of ether oxygens (including phenoxy) is 1. The lowest BCUT2D eigenvalue weighted by Gasteiger charge is -2.28. The summed E-state index contributed by atoms with van der Waals surface area (Å²) in [6.07, 6.45) is 1.63. The average molecular weight is 426 g/mol. The molecule has 1 aromatic heterocycles. The lowest BCUT2D eigenvalue weighted by molar-refractivity contribution is -0.116. The van der Waals surface area contributed by atoms with Gasteiger partial charge in [0.15, 0.2) is 0 Å². The lowest BCUT2D eigenvalue weighted by atomic mass is 9.97. The van der Waals surface area contributed by atoms with E-state index in [2.05, 4.69) is 5.32 Å². The van der Waals surface area contributed by atoms with Crippen LogP contribution in [-0.4, -0.2) is 60.9 Å². The van der Waals surface area contributed by atoms with Crippen molar-refractivity contribution in [1.29, 1.82) is 0 Å². The van der Waals surface area contributed by atoms with Crippen LogP contribution in [-0.2, 0) is 22.5 Å². The zero-order valence-corrected chi connectivity index (χ0v) is 17.6. The fourth-order valence-corrected chi connectivity index (χ4v) is 5.68. The Kier molecular flexibility index (Phi) is 4.83. The third kappa shape index (κ3) is 3.30. The van der Waals surface area contributed by atoms with Crippen molar-refractivity contribution < 1.29 is 19.1 Å². The summed E-state index contributed by atoms with van der Waals surface area (Å²) >= 11 is 1.41. The second-order valence-corrected chi connectivity index (χ2v) is 9.18. The molecule has 2 aromatic rings. The molecule has 1 N–H and O–H groups in total. The van der Waals surface area contributed by atoms with Gasteiger partial charge in [0.25, 0.3) is 11.8 Å². The van der Waals surface area contributed by atoms with Gasteiger partial charge in [-0.25, -0.2) is 0 Å². The number of amides is 3. The summed E-state index contributed by atoms with van der Waals surface area (Å²) in [5.41, 5.74) is 3.45. The molecular formula is C22H23N3O4S. The van der Waals surface area contributed by atoms with Crippen LogP contribution in [0.15, 0.2) is 24.3 Å². The number of hydrogen-bond acceptors (Lipinski definition) is 5. The van der Waals surface area contributed by atoms with Gasteiger partial charge in [-0.05, 0) is 36.1 Å². The van der Waals surface area contributed by atoms with Gasteiger partial charge in [0.1, 0.15) is 5.00 Å². The number of rotatable bonds is 2. The first-order valence-electron chi connectivity index (χ1n) is 10.2. The molecule has 0 aliphatic carbocycles. The molecule has 7 nitrogen and oxygen atoms in total. The summed E-state index contributed by atoms with van der Waals surface area (Å²) in [5, 5.41) is 3.46. The Morgan fingerprint density at radius 2 is 2.00 bits per heavy atom. The number of nitrogens with one attached hydrogen (secondary N) is 1. The van der Waals surface area contributed by atoms with Crippen molar-refractivity contribution in [2.75, 3.05) is 38.7 Å². The van der Waals surface area contributed by atoms with Crippen LogP contribution in [0.25, 0.3) is 0 Å². The third-order valence-corrected chi connectivity index (χ3v) is 7.23. The molecule has 0 radical (unpaired) electrons. The van der Waals surface area contributed by atoms with Gasteiger partial charge in [-0.3, -0.25) is 14.4 Å². The van der Waals surface area contributed by atoms with Crippen molar-refractivity contribution >= 4 is 34.1 Å². The first kappa shape index (κ1) is 19.3. The third-order valence-electron chi connectivity index (χ3n) is 6.10. The molecular weight excluding hydrogens is 402 g/mol. The monoisotopic (exact) mass is 425 g/mol. The summed E-state index contributed by atoms with van der Waals surface area (Å²) < 4.78 is 5.45. The van der Waals surface area contributed by atoms with E-state index in [4.69, 9.17) is 4.74 Å². The highest BCUT2D eigenvalue weighted by Crippen LogP contribution is 2.39. The SMILES string of the molecule is CN1CC(=O)Nc2sc3c(c2C1=O)CCN(C(=O)c1ccc(C2CCOC2)cc1)C3. The van der Waals surface area contributed by atoms with Crippen molar-refractivity contribution in [2.45, 2.75) is 25.3 Å². The van der Waals surface area contributed by atoms with E-state index >= 15 is 0 Å². The van der Waals surface area contributed by atoms with Crippen molar-refractivity contribution in [3.05, 3.63) is 51.4 Å². The molecule has 1 atom stereocenters. The molecule has 3 amide bonds. The van der Waals surface area contributed by atoms with Gasteiger partial charge in [-0.2, -0.15) is 0 Å². The Hall–Kier alpha value is -2.71. The zero-order chi connectivity index (χ0) is 20.8. The zero-order valence-electron chi connectivity index (χ0n) is 16.8. The molecule has 1 unspecified atom stereocenters. The summed E-state index contributed by atoms with van der Waals surface area (Å²) in [6.45, 7) is 2.61. The molecule has 5 rings (SSSR count). The van der Waals surface area contributed by atoms with Gasteiger partial charge in [0.05, 0.1) is 25.3 Å². The Labute approximate surface area is 178 Å². The molecule has 3 aliphatic rings. The highest BCUT2D eigenvalue weighted by atomic mass is 32.1. The van der Waals surface area contributed by atoms with Crippen molar-refractivity contribution in [2.24, 2.45) is 0 Å². The maximum absolute atomic E-state index is 13.1. The molecule has 1 saturated heterocycles. The van der Waals surface area contributed by atoms with Crippen molar-refractivity contribution in [1.82, 2.24) is 9.80 Å². The molecule has 0 saturated carbocycles. The van der Waals surface area contributed by atoms with E-state index in [1.165, 1.54) is 21.8 Å². The predicted molar refractivity (Wildman–Crippen MR) is 113 cm³/mol. The predicted octanol–water partition coefficient (Wildman–Crippen LogP) is 2.47. The molecule has 3 aliphatic heterocycles. The van der Waals surface area contributed by atoms with Gasteiger partial charge in [-0.1, -0.05) is 12.1 Å². The maximum Gasteiger partial charge on any atom is 0.257 e. The molecule has 1 aromatic carbocycles. The van der Waals surface area contributed by atoms with Crippen LogP contribution in [0.5, 0.6) is 0 Å². The van der Waals surface area contributed by atoms with Crippen LogP contribution in [0.4, 0.5) is 5.00 Å². The molecule has 30 heavy (non-hydrogen) atoms. The van der Waals surface area contributed by atoms with Crippen molar-refractivity contribution in [3.63, 3.8) is 0 Å². The van der Waals surface area contributed by atoms with E-state index in [1.807, 2.05) is 29.2 Å². The molecule has 8 heteroatoms. The van der Waals surface area contributed by atoms with Gasteiger partial charge in [0.2, 0.25) is 5.91 Å². The van der Waals surface area contributed by atoms with Crippen LogP contribution >= 0.6 is 11.3 Å². The Morgan fingerprint density at radius 1 is 1.20 bits per heavy atom. The topological polar surface area (TPSA) is 79.0 Å². The van der Waals surface area contributed by atoms with E-state index in [9.17, 15) is 14.4 Å². The number of carbonyl (C=O) groups excluding carboxylic acids is 3. The summed E-state index contributed by atoms with van der Waals surface area (Å²) in [7, 11) is 1.64. The largest absolute Gasteiger partial charge is 0.381 e. The maximum atomic E-state index is 13.1. The average Bonchev–Trinajstić information content (AvgIpc) is 3.38. The highest BCUT2D eigenvalue weighted by molar-refractivity contribution is 7.17. The fraction of sp³-hybridized carbons (Fsp3) is 0.409. The number of carbonyl (C=O) groups is 3. The fourth-order valence-electron chi connectivity index (χ4n) is 4.41. The van der Waals surface area contributed by atoms with Gasteiger partial charge in [-0.15, -0.1) is 11.3 Å². The standard InChI is InChI=1S/C22H23N3O4S/c1-24-11-18(26)23-20-19(22(24)28)16-6-8-25(10-17(16)30-20)21(27)14-4-2-13(3-5-14)15-7-9-29-12-15/h2-5,15H,6-12H2,1H3,(H,23,26). The number of likely N-dealkylation sites (N-methyl/N-ethyl adjacent to an activating group) is 1. The number of fused-ring (bicyclic) bond motifs is 3. The van der Waals surface area contributed by atoms with E-state index in [0.29, 0.717) is 41.6 Å². The van der Waals surface area contributed by atoms with Crippen molar-refractivity contribution in [3.8, 4) is 0 Å². The Balaban J connectivity index is 1.36. The molecule has 1 fully saturated rings. The van der Waals surface area contributed by atoms with E-state index < -0.39 is 0 Å². The number of anilines is 1. The minimum Gasteiger partial charge on any atom is -0.381 e. The Bertz CT molecular complexity index is 1020. The van der Waals surface area contributed by atoms with E-state index in [0.717, 1.165) is 30.1 Å². The summed E-state index contributed by atoms with van der Waals surface area (Å²) in [4.78, 5) is 42.1. The molecule has 0 bridgehead atoms. The molecule has 156 valence electrons. The lowest BCUT2D eigenvalue weighted by Crippen LogP contribution is -2.36. The summed E-state index contributed by atoms with van der Waals surface area (Å²) in [6, 6.07) is 7.85. The molecule has 0 spiro atoms. The minimum atomic E-state index is -0.191. The van der Waals surface area contributed by atoms with Crippen LogP contribution in [0.3, 0.4) is 0 Å². The summed E-state index contributed by atoms with van der Waals surface area (Å²) in [5.74, 6) is 0.0843. The van der Waals surface area contributed by atoms with Crippen LogP contribution in [0.1, 0.15) is 49.1 Å². The first-order chi connectivity index (χ1) is 14.5. The van der Waals surface area contributed by atoms with Gasteiger partial charge >= 0.3 is 0 Å². The smallest absolute Gasteiger partial charge is 0.257 e. The highest BCUT2D eigenvalue weighted by Gasteiger charge is 2.34. The van der Waals surface area contributed by atoms with Crippen LogP contribution in [0.2, 0.25) is 0 Å². The van der Waals surface area contributed by atoms with E-state index in [1.54, 1.807) is 7.05 Å². The number of thiophene rings is 1. The number of hydrogen-bond donors (Lipinski definition) is 1. The number of benzene rings is 1. The number of nitrogens with zero attached hydrogens (tertiary/aromatic N) is 2. The van der Waals surface area contributed by atoms with Gasteiger partial charge < -0.3 is 19.9 Å². The Morgan fingerprint density at radius 3 is 2.73 bits per heavy atom. The minimum absolute atomic E-state index is 0.00838. The first-order valence-corrected chi connectivity index (χ1v) is 11.0. The van der Waals surface area contributed by atoms with E-state index in [-0.39, 0.29) is 24.3 Å². The van der Waals surface area contributed by atoms with Crippen LogP contribution in [0, 0.1) is 0 Å². The quantitative estimate of drug-likeness (QED) is 0.802. The van der Waals surface area contributed by atoms with Gasteiger partial charge in [0, 0.05) is 36.6 Å². The normalized spacial score (nSPS) is 21.2. The molecule has 4 heterocycles.